The summed E-state index contributed by atoms with van der Waals surface area (Å²) in [5.41, 5.74) is -0.390. The van der Waals surface area contributed by atoms with Crippen LogP contribution in [-0.4, -0.2) is 47.8 Å². The van der Waals surface area contributed by atoms with Crippen LogP contribution in [0.4, 0.5) is 0 Å². The summed E-state index contributed by atoms with van der Waals surface area (Å²) in [6.07, 6.45) is 1.87. The van der Waals surface area contributed by atoms with Crippen molar-refractivity contribution in [1.29, 1.82) is 0 Å². The Morgan fingerprint density at radius 3 is 2.75 bits per heavy atom. The third-order valence-corrected chi connectivity index (χ3v) is 6.21. The van der Waals surface area contributed by atoms with E-state index in [0.717, 1.165) is 0 Å². The number of imide groups is 1. The van der Waals surface area contributed by atoms with Crippen molar-refractivity contribution in [2.45, 2.75) is 17.9 Å². The molecule has 2 amide bonds. The van der Waals surface area contributed by atoms with Crippen LogP contribution in [0.2, 0.25) is 0 Å². The van der Waals surface area contributed by atoms with Gasteiger partial charge in [-0.25, -0.2) is 8.42 Å². The highest BCUT2D eigenvalue weighted by Crippen LogP contribution is 2.40. The fourth-order valence-corrected chi connectivity index (χ4v) is 4.62. The summed E-state index contributed by atoms with van der Waals surface area (Å²) in [6, 6.07) is 4.57. The summed E-state index contributed by atoms with van der Waals surface area (Å²) in [6.45, 7) is 0.149. The molecule has 2 fully saturated rings. The fourth-order valence-electron chi connectivity index (χ4n) is 3.18. The average molecular weight is 350 g/mol. The third kappa shape index (κ3) is 2.18. The Labute approximate surface area is 137 Å². The van der Waals surface area contributed by atoms with Crippen LogP contribution in [-0.2, 0) is 19.6 Å². The van der Waals surface area contributed by atoms with Crippen molar-refractivity contribution in [3.05, 3.63) is 24.4 Å². The quantitative estimate of drug-likeness (QED) is 0.756. The van der Waals surface area contributed by atoms with Gasteiger partial charge in [-0.05, 0) is 24.6 Å². The fraction of sp³-hybridized carbons (Fsp3) is 0.357. The number of amides is 2. The van der Waals surface area contributed by atoms with E-state index in [1.165, 1.54) is 22.6 Å². The third-order valence-electron chi connectivity index (χ3n) is 4.49. The molecule has 2 N–H and O–H groups in total. The molecule has 0 aromatic carbocycles. The molecule has 24 heavy (non-hydrogen) atoms. The molecule has 4 rings (SSSR count). The van der Waals surface area contributed by atoms with Crippen molar-refractivity contribution in [2.75, 3.05) is 13.1 Å². The minimum Gasteiger partial charge on any atom is -0.442 e. The molecule has 2 saturated heterocycles. The lowest BCUT2D eigenvalue weighted by Crippen LogP contribution is -2.36. The van der Waals surface area contributed by atoms with Crippen LogP contribution in [0.1, 0.15) is 12.8 Å². The maximum absolute atomic E-state index is 12.7. The summed E-state index contributed by atoms with van der Waals surface area (Å²) >= 11 is 0. The Bertz CT molecular complexity index is 917. The number of carbonyl (C=O) groups is 2. The number of rotatable bonds is 3. The van der Waals surface area contributed by atoms with Crippen LogP contribution < -0.4 is 5.32 Å². The maximum atomic E-state index is 12.7. The summed E-state index contributed by atoms with van der Waals surface area (Å²) < 4.78 is 32.1. The largest absolute Gasteiger partial charge is 0.442 e. The molecular formula is C14H14N4O5S. The Hall–Kier alpha value is -2.46. The van der Waals surface area contributed by atoms with Crippen molar-refractivity contribution in [1.82, 2.24) is 19.8 Å². The van der Waals surface area contributed by atoms with E-state index in [1.807, 2.05) is 0 Å². The lowest BCUT2D eigenvalue weighted by molar-refractivity contribution is -0.128. The van der Waals surface area contributed by atoms with Crippen molar-refractivity contribution in [2.24, 2.45) is 5.41 Å². The van der Waals surface area contributed by atoms with Gasteiger partial charge < -0.3 is 4.42 Å². The molecule has 2 aliphatic rings. The molecule has 126 valence electrons. The van der Waals surface area contributed by atoms with Gasteiger partial charge in [-0.2, -0.15) is 9.40 Å². The number of furan rings is 1. The van der Waals surface area contributed by atoms with Crippen LogP contribution in [0.3, 0.4) is 0 Å². The lowest BCUT2D eigenvalue weighted by Gasteiger charge is -2.19. The van der Waals surface area contributed by atoms with E-state index in [4.69, 9.17) is 4.42 Å². The van der Waals surface area contributed by atoms with Gasteiger partial charge in [0.25, 0.3) is 10.0 Å². The topological polar surface area (TPSA) is 125 Å². The van der Waals surface area contributed by atoms with Crippen LogP contribution in [0, 0.1) is 5.41 Å². The molecule has 9 nitrogen and oxygen atoms in total. The first-order chi connectivity index (χ1) is 11.4. The van der Waals surface area contributed by atoms with Crippen LogP contribution in [0.15, 0.2) is 33.9 Å². The molecule has 10 heteroatoms. The molecule has 0 saturated carbocycles. The lowest BCUT2D eigenvalue weighted by atomic mass is 9.86. The van der Waals surface area contributed by atoms with Gasteiger partial charge in [-0.1, -0.05) is 0 Å². The van der Waals surface area contributed by atoms with E-state index in [2.05, 4.69) is 15.5 Å². The number of nitrogens with one attached hydrogen (secondary N) is 2. The zero-order chi connectivity index (χ0) is 16.9. The molecule has 2 aliphatic heterocycles. The van der Waals surface area contributed by atoms with Gasteiger partial charge in [0.05, 0.1) is 5.41 Å². The van der Waals surface area contributed by atoms with E-state index in [9.17, 15) is 18.0 Å². The second-order valence-corrected chi connectivity index (χ2v) is 7.88. The standard InChI is InChI=1S/C14H14N4O5S/c19-11-7-14(13(20)16-11)4-6-18(8-14)24(21,22)12-2-1-10(23-12)9-3-5-15-17-9/h1-3,5H,4,6-8H2,(H,15,17)(H,16,19,20)/t14-/m1/s1. The number of aromatic nitrogens is 2. The Kier molecular flexibility index (Phi) is 3.15. The average Bonchev–Trinajstić information content (AvgIpc) is 3.29. The van der Waals surface area contributed by atoms with Crippen molar-refractivity contribution >= 4 is 21.8 Å². The predicted molar refractivity (Wildman–Crippen MR) is 79.9 cm³/mol. The first-order valence-electron chi connectivity index (χ1n) is 7.35. The van der Waals surface area contributed by atoms with E-state index >= 15 is 0 Å². The van der Waals surface area contributed by atoms with E-state index in [1.54, 1.807) is 6.07 Å². The van der Waals surface area contributed by atoms with E-state index in [0.29, 0.717) is 17.9 Å². The highest BCUT2D eigenvalue weighted by molar-refractivity contribution is 7.89. The minimum atomic E-state index is -3.87. The molecule has 4 heterocycles. The van der Waals surface area contributed by atoms with Gasteiger partial charge in [0, 0.05) is 25.7 Å². The Balaban J connectivity index is 1.60. The number of sulfonamides is 1. The van der Waals surface area contributed by atoms with Crippen LogP contribution in [0.5, 0.6) is 0 Å². The number of hydrogen-bond acceptors (Lipinski definition) is 6. The van der Waals surface area contributed by atoms with Gasteiger partial charge in [-0.15, -0.1) is 0 Å². The van der Waals surface area contributed by atoms with E-state index < -0.39 is 21.3 Å². The number of carbonyl (C=O) groups excluding carboxylic acids is 2. The van der Waals surface area contributed by atoms with Gasteiger partial charge in [0.2, 0.25) is 16.9 Å². The molecule has 0 bridgehead atoms. The highest BCUT2D eigenvalue weighted by Gasteiger charge is 2.53. The van der Waals surface area contributed by atoms with Gasteiger partial charge in [-0.3, -0.25) is 20.0 Å². The van der Waals surface area contributed by atoms with E-state index in [-0.39, 0.29) is 30.5 Å². The zero-order valence-electron chi connectivity index (χ0n) is 12.5. The number of hydrogen-bond donors (Lipinski definition) is 2. The molecule has 2 aromatic heterocycles. The van der Waals surface area contributed by atoms with Gasteiger partial charge >= 0.3 is 0 Å². The van der Waals surface area contributed by atoms with Gasteiger partial charge in [0.15, 0.2) is 5.76 Å². The molecule has 0 unspecified atom stereocenters. The molecule has 1 spiro atoms. The summed E-state index contributed by atoms with van der Waals surface area (Å²) in [4.78, 5) is 23.4. The molecular weight excluding hydrogens is 336 g/mol. The molecule has 0 radical (unpaired) electrons. The SMILES string of the molecule is O=C1C[C@@]2(CCN(S(=O)(=O)c3ccc(-c4ccn[nH]4)o3)C2)C(=O)N1. The normalized spacial score (nSPS) is 24.8. The number of nitrogens with zero attached hydrogens (tertiary/aromatic N) is 2. The predicted octanol–water partition coefficient (Wildman–Crippen LogP) is 0.0970. The minimum absolute atomic E-state index is 0.0208. The monoisotopic (exact) mass is 350 g/mol. The number of aromatic amines is 1. The highest BCUT2D eigenvalue weighted by atomic mass is 32.2. The van der Waals surface area contributed by atoms with Gasteiger partial charge in [0.1, 0.15) is 5.69 Å². The Morgan fingerprint density at radius 2 is 2.08 bits per heavy atom. The summed E-state index contributed by atoms with van der Waals surface area (Å²) in [5, 5.41) is 8.54. The smallest absolute Gasteiger partial charge is 0.276 e. The molecule has 1 atom stereocenters. The maximum Gasteiger partial charge on any atom is 0.276 e. The first-order valence-corrected chi connectivity index (χ1v) is 8.79. The van der Waals surface area contributed by atoms with Crippen molar-refractivity contribution in [3.8, 4) is 11.5 Å². The molecule has 0 aliphatic carbocycles. The zero-order valence-corrected chi connectivity index (χ0v) is 13.3. The first kappa shape index (κ1) is 15.1. The summed E-state index contributed by atoms with van der Waals surface area (Å²) in [5.74, 6) is -0.407. The molecule has 2 aromatic rings. The van der Waals surface area contributed by atoms with Crippen molar-refractivity contribution in [3.63, 3.8) is 0 Å². The second kappa shape index (κ2) is 5.02. The Morgan fingerprint density at radius 1 is 1.25 bits per heavy atom. The van der Waals surface area contributed by atoms with Crippen LogP contribution >= 0.6 is 0 Å². The second-order valence-electron chi connectivity index (χ2n) is 6.01. The number of H-pyrrole nitrogens is 1. The van der Waals surface area contributed by atoms with Crippen molar-refractivity contribution < 1.29 is 22.4 Å². The van der Waals surface area contributed by atoms with Crippen LogP contribution in [0.25, 0.3) is 11.5 Å². The summed E-state index contributed by atoms with van der Waals surface area (Å²) in [7, 11) is -3.87.